The van der Waals surface area contributed by atoms with Crippen molar-refractivity contribution in [1.82, 2.24) is 20.6 Å². The number of aliphatic carboxylic acids is 2. The molecule has 10 nitrogen and oxygen atoms in total. The summed E-state index contributed by atoms with van der Waals surface area (Å²) in [6, 6.07) is 0. The normalized spacial score (nSPS) is 17.1. The van der Waals surface area contributed by atoms with Crippen molar-refractivity contribution >= 4 is 35.9 Å². The number of aromatic nitrogens is 2. The second-order valence-electron chi connectivity index (χ2n) is 11.1. The number of rotatable bonds is 12. The zero-order valence-corrected chi connectivity index (χ0v) is 25.6. The van der Waals surface area contributed by atoms with Gasteiger partial charge in [0.15, 0.2) is 0 Å². The zero-order chi connectivity index (χ0) is 31.6. The molecule has 0 fully saturated rings. The minimum atomic E-state index is -0.893. The summed E-state index contributed by atoms with van der Waals surface area (Å²) in [6.45, 7) is 11.5. The van der Waals surface area contributed by atoms with Gasteiger partial charge in [-0.2, -0.15) is 0 Å². The molecule has 2 aliphatic heterocycles. The summed E-state index contributed by atoms with van der Waals surface area (Å²) in [7, 11) is 0. The van der Waals surface area contributed by atoms with E-state index in [1.807, 2.05) is 39.8 Å². The number of hydrogen-bond donors (Lipinski definition) is 6. The molecule has 2 aliphatic rings. The van der Waals surface area contributed by atoms with E-state index in [-0.39, 0.29) is 24.7 Å². The van der Waals surface area contributed by atoms with Gasteiger partial charge in [-0.3, -0.25) is 19.2 Å². The van der Waals surface area contributed by atoms with Gasteiger partial charge < -0.3 is 30.8 Å². The largest absolute Gasteiger partial charge is 0.481 e. The highest BCUT2D eigenvalue weighted by atomic mass is 16.4. The Labute approximate surface area is 251 Å². The molecule has 6 N–H and O–H groups in total. The third kappa shape index (κ3) is 6.43. The molecule has 0 atom stereocenters. The molecule has 0 aliphatic carbocycles. The van der Waals surface area contributed by atoms with E-state index in [1.54, 1.807) is 13.8 Å². The molecule has 0 saturated carbocycles. The molecule has 2 aromatic rings. The lowest BCUT2D eigenvalue weighted by molar-refractivity contribution is -0.138. The molecule has 0 spiro atoms. The highest BCUT2D eigenvalue weighted by Crippen LogP contribution is 2.32. The van der Waals surface area contributed by atoms with E-state index in [0.29, 0.717) is 54.6 Å². The number of allylic oxidation sites excluding steroid dienone is 2. The van der Waals surface area contributed by atoms with Gasteiger partial charge in [0.1, 0.15) is 0 Å². The fourth-order valence-corrected chi connectivity index (χ4v) is 6.02. The topological polar surface area (TPSA) is 164 Å². The minimum Gasteiger partial charge on any atom is -0.481 e. The number of amides is 2. The Bertz CT molecular complexity index is 1520. The number of aromatic amines is 2. The van der Waals surface area contributed by atoms with Gasteiger partial charge in [-0.15, -0.1) is 0 Å². The number of nitrogens with one attached hydrogen (secondary N) is 4. The molecule has 0 unspecified atom stereocenters. The van der Waals surface area contributed by atoms with Gasteiger partial charge in [-0.25, -0.2) is 0 Å². The number of carbonyl (C=O) groups is 4. The van der Waals surface area contributed by atoms with E-state index in [4.69, 9.17) is 0 Å². The molecule has 0 saturated heterocycles. The molecule has 10 heteroatoms. The fourth-order valence-electron chi connectivity index (χ4n) is 6.02. The van der Waals surface area contributed by atoms with Gasteiger partial charge >= 0.3 is 11.9 Å². The Morgan fingerprint density at radius 1 is 0.674 bits per heavy atom. The first-order valence-electron chi connectivity index (χ1n) is 14.7. The summed E-state index contributed by atoms with van der Waals surface area (Å²) in [5.74, 6) is -2.05. The number of carbonyl (C=O) groups excluding carboxylic acids is 2. The van der Waals surface area contributed by atoms with Gasteiger partial charge in [0.25, 0.3) is 11.8 Å². The molecule has 0 bridgehead atoms. The Morgan fingerprint density at radius 2 is 1.05 bits per heavy atom. The SMILES string of the molecule is CCC1=C(C)C(=O)NC1=Cc1[nH]c(Cc2[nH]c(C=C3NC(=O)C(C)=C3CC)c(CCC(=O)O)c2C)c(C)c1CCC(=O)O. The van der Waals surface area contributed by atoms with Gasteiger partial charge in [0.05, 0.1) is 0 Å². The van der Waals surface area contributed by atoms with E-state index in [2.05, 4.69) is 20.6 Å². The van der Waals surface area contributed by atoms with Crippen LogP contribution in [0.25, 0.3) is 12.2 Å². The summed E-state index contributed by atoms with van der Waals surface area (Å²) in [5, 5.41) is 24.7. The van der Waals surface area contributed by atoms with Crippen molar-refractivity contribution in [2.45, 2.75) is 86.5 Å². The lowest BCUT2D eigenvalue weighted by Crippen LogP contribution is -2.15. The van der Waals surface area contributed by atoms with Crippen molar-refractivity contribution in [3.8, 4) is 0 Å². The fraction of sp³-hybridized carbons (Fsp3) is 0.394. The first-order chi connectivity index (χ1) is 20.4. The van der Waals surface area contributed by atoms with E-state index < -0.39 is 11.9 Å². The van der Waals surface area contributed by atoms with Crippen LogP contribution in [0.4, 0.5) is 0 Å². The first-order valence-corrected chi connectivity index (χ1v) is 14.7. The summed E-state index contributed by atoms with van der Waals surface area (Å²) in [5.41, 5.74) is 11.6. The van der Waals surface area contributed by atoms with Crippen LogP contribution >= 0.6 is 0 Å². The average Bonchev–Trinajstić information content (AvgIpc) is 3.59. The quantitative estimate of drug-likeness (QED) is 0.205. The highest BCUT2D eigenvalue weighted by molar-refractivity contribution is 6.01. The van der Waals surface area contributed by atoms with Crippen LogP contribution in [0.15, 0.2) is 33.7 Å². The Morgan fingerprint density at radius 3 is 1.37 bits per heavy atom. The van der Waals surface area contributed by atoms with E-state index >= 15 is 0 Å². The van der Waals surface area contributed by atoms with Gasteiger partial charge in [-0.05, 0) is 98.9 Å². The molecule has 4 heterocycles. The minimum absolute atomic E-state index is 0.0346. The van der Waals surface area contributed by atoms with Crippen molar-refractivity contribution in [1.29, 1.82) is 0 Å². The number of H-pyrrole nitrogens is 2. The second kappa shape index (κ2) is 12.7. The molecule has 2 aromatic heterocycles. The molecule has 0 aromatic carbocycles. The Hall–Kier alpha value is -4.60. The Kier molecular flexibility index (Phi) is 9.27. The molecule has 4 rings (SSSR count). The van der Waals surface area contributed by atoms with Crippen LogP contribution < -0.4 is 10.6 Å². The van der Waals surface area contributed by atoms with Crippen LogP contribution in [0, 0.1) is 13.8 Å². The lowest BCUT2D eigenvalue weighted by Gasteiger charge is -2.05. The molecule has 0 radical (unpaired) electrons. The molecule has 228 valence electrons. The molecule has 43 heavy (non-hydrogen) atoms. The summed E-state index contributed by atoms with van der Waals surface area (Å²) in [4.78, 5) is 54.6. The molecular formula is C33H40N4O6. The van der Waals surface area contributed by atoms with Crippen LogP contribution in [0.5, 0.6) is 0 Å². The van der Waals surface area contributed by atoms with Crippen LogP contribution in [-0.2, 0) is 38.4 Å². The summed E-state index contributed by atoms with van der Waals surface area (Å²) < 4.78 is 0. The highest BCUT2D eigenvalue weighted by Gasteiger charge is 2.26. The van der Waals surface area contributed by atoms with Gasteiger partial charge in [0, 0.05) is 64.6 Å². The van der Waals surface area contributed by atoms with Crippen molar-refractivity contribution < 1.29 is 29.4 Å². The molecular weight excluding hydrogens is 548 g/mol. The van der Waals surface area contributed by atoms with Crippen molar-refractivity contribution in [2.24, 2.45) is 0 Å². The van der Waals surface area contributed by atoms with E-state index in [9.17, 15) is 29.4 Å². The van der Waals surface area contributed by atoms with Crippen LogP contribution in [0.1, 0.15) is 98.4 Å². The van der Waals surface area contributed by atoms with Crippen molar-refractivity contribution in [3.63, 3.8) is 0 Å². The first kappa shape index (κ1) is 31.3. The van der Waals surface area contributed by atoms with Gasteiger partial charge in [-0.1, -0.05) is 13.8 Å². The number of carboxylic acid groups (broad SMARTS) is 2. The molecule has 2 amide bonds. The Balaban J connectivity index is 1.78. The summed E-state index contributed by atoms with van der Waals surface area (Å²) >= 11 is 0. The van der Waals surface area contributed by atoms with Crippen LogP contribution in [0.2, 0.25) is 0 Å². The van der Waals surface area contributed by atoms with E-state index in [1.165, 1.54) is 0 Å². The number of carboxylic acids is 2. The maximum atomic E-state index is 12.4. The monoisotopic (exact) mass is 588 g/mol. The third-order valence-electron chi connectivity index (χ3n) is 8.58. The van der Waals surface area contributed by atoms with E-state index in [0.717, 1.165) is 56.2 Å². The number of hydrogen-bond acceptors (Lipinski definition) is 4. The third-order valence-corrected chi connectivity index (χ3v) is 8.58. The lowest BCUT2D eigenvalue weighted by atomic mass is 9.99. The maximum absolute atomic E-state index is 12.4. The zero-order valence-electron chi connectivity index (χ0n) is 25.6. The predicted octanol–water partition coefficient (Wildman–Crippen LogP) is 4.98. The van der Waals surface area contributed by atoms with Crippen molar-refractivity contribution in [3.05, 3.63) is 78.7 Å². The summed E-state index contributed by atoms with van der Waals surface area (Å²) in [6.07, 6.45) is 6.19. The predicted molar refractivity (Wildman–Crippen MR) is 164 cm³/mol. The second-order valence-corrected chi connectivity index (χ2v) is 11.1. The van der Waals surface area contributed by atoms with Crippen molar-refractivity contribution in [2.75, 3.05) is 0 Å². The van der Waals surface area contributed by atoms with Gasteiger partial charge in [0.2, 0.25) is 0 Å². The standard InChI is InChI=1S/C33H40N4O6/c1-7-20-18(5)32(42)36-26(20)14-28-22(9-11-30(38)39)16(3)24(34-28)13-25-17(4)23(10-12-31(40)41)29(35-25)15-27-21(8-2)19(6)33(43)37-27/h14-15,34-35H,7-13H2,1-6H3,(H,36,42)(H,37,43)(H,38,39)(H,40,41). The maximum Gasteiger partial charge on any atom is 0.303 e. The average molecular weight is 589 g/mol. The van der Waals surface area contributed by atoms with Crippen LogP contribution in [-0.4, -0.2) is 43.9 Å². The smallest absolute Gasteiger partial charge is 0.303 e. The van der Waals surface area contributed by atoms with Crippen LogP contribution in [0.3, 0.4) is 0 Å².